The Morgan fingerprint density at radius 1 is 0.955 bits per heavy atom. The van der Waals surface area contributed by atoms with Crippen molar-refractivity contribution in [3.05, 3.63) is 29.9 Å². The van der Waals surface area contributed by atoms with Gasteiger partial charge in [-0.2, -0.15) is 0 Å². The second kappa shape index (κ2) is 8.79. The van der Waals surface area contributed by atoms with Crippen LogP contribution in [0.2, 0.25) is 0 Å². The van der Waals surface area contributed by atoms with Crippen molar-refractivity contribution in [1.82, 2.24) is 9.13 Å². The van der Waals surface area contributed by atoms with Crippen LogP contribution in [0.1, 0.15) is 51.9 Å². The van der Waals surface area contributed by atoms with E-state index in [1.807, 2.05) is 40.4 Å². The van der Waals surface area contributed by atoms with Crippen molar-refractivity contribution in [1.29, 1.82) is 5.41 Å². The number of rotatable bonds is 10. The average molecular weight is 303 g/mol. The highest BCUT2D eigenvalue weighted by Crippen LogP contribution is 2.11. The van der Waals surface area contributed by atoms with Crippen LogP contribution < -0.4 is 5.62 Å². The van der Waals surface area contributed by atoms with E-state index in [2.05, 4.69) is 6.92 Å². The molecule has 0 unspecified atom stereocenters. The summed E-state index contributed by atoms with van der Waals surface area (Å²) in [6, 6.07) is 8.10. The number of aromatic nitrogens is 2. The fourth-order valence-corrected chi connectivity index (χ4v) is 2.83. The number of hydrogen-bond acceptors (Lipinski definition) is 2. The van der Waals surface area contributed by atoms with E-state index < -0.39 is 0 Å². The van der Waals surface area contributed by atoms with Crippen LogP contribution in [-0.2, 0) is 18.5 Å². The molecule has 0 saturated carbocycles. The summed E-state index contributed by atoms with van der Waals surface area (Å²) in [5.41, 5.74) is 2.63. The molecule has 0 aliphatic rings. The van der Waals surface area contributed by atoms with Gasteiger partial charge in [-0.25, -0.2) is 0 Å². The van der Waals surface area contributed by atoms with Crippen molar-refractivity contribution in [2.75, 3.05) is 6.61 Å². The maximum atomic E-state index is 8.18. The first kappa shape index (κ1) is 16.8. The molecule has 0 radical (unpaired) electrons. The molecule has 22 heavy (non-hydrogen) atoms. The highest BCUT2D eigenvalue weighted by atomic mass is 16.5. The van der Waals surface area contributed by atoms with E-state index in [0.29, 0.717) is 12.3 Å². The van der Waals surface area contributed by atoms with Gasteiger partial charge in [0.25, 0.3) is 0 Å². The summed E-state index contributed by atoms with van der Waals surface area (Å²) in [4.78, 5) is 0. The van der Waals surface area contributed by atoms with Crippen molar-refractivity contribution in [3.8, 4) is 0 Å². The predicted octanol–water partition coefficient (Wildman–Crippen LogP) is 4.18. The molecule has 0 aliphatic heterocycles. The Bertz CT molecular complexity index is 627. The summed E-state index contributed by atoms with van der Waals surface area (Å²) >= 11 is 0. The number of hydrogen-bond donors (Lipinski definition) is 1. The van der Waals surface area contributed by atoms with Gasteiger partial charge < -0.3 is 9.30 Å². The molecule has 0 bridgehead atoms. The van der Waals surface area contributed by atoms with E-state index in [1.165, 1.54) is 38.5 Å². The van der Waals surface area contributed by atoms with Gasteiger partial charge >= 0.3 is 0 Å². The number of fused-ring (bicyclic) bond motifs is 1. The number of unbranched alkanes of at least 4 members (excludes halogenated alkanes) is 6. The molecule has 4 nitrogen and oxygen atoms in total. The summed E-state index contributed by atoms with van der Waals surface area (Å²) in [6.07, 6.45) is 9.06. The van der Waals surface area contributed by atoms with Gasteiger partial charge in [-0.15, -0.1) is 0 Å². The fourth-order valence-electron chi connectivity index (χ4n) is 2.83. The molecule has 0 saturated heterocycles. The Hall–Kier alpha value is -1.55. The highest BCUT2D eigenvalue weighted by molar-refractivity contribution is 5.75. The first-order chi connectivity index (χ1) is 10.8. The fraction of sp³-hybridized carbons (Fsp3) is 0.611. The summed E-state index contributed by atoms with van der Waals surface area (Å²) < 4.78 is 9.60. The van der Waals surface area contributed by atoms with E-state index in [4.69, 9.17) is 10.1 Å². The van der Waals surface area contributed by atoms with Crippen LogP contribution in [0, 0.1) is 5.41 Å². The Balaban J connectivity index is 1.74. The minimum absolute atomic E-state index is 0.468. The Morgan fingerprint density at radius 2 is 1.59 bits per heavy atom. The van der Waals surface area contributed by atoms with E-state index in [0.717, 1.165) is 24.1 Å². The lowest BCUT2D eigenvalue weighted by atomic mass is 10.1. The molecule has 1 N–H and O–H groups in total. The topological polar surface area (TPSA) is 42.9 Å². The van der Waals surface area contributed by atoms with Gasteiger partial charge in [-0.3, -0.25) is 9.98 Å². The second-order valence-electron chi connectivity index (χ2n) is 5.96. The average Bonchev–Trinajstić information content (AvgIpc) is 2.78. The van der Waals surface area contributed by atoms with Crippen LogP contribution in [-0.4, -0.2) is 15.7 Å². The monoisotopic (exact) mass is 303 g/mol. The number of nitrogens with one attached hydrogen (secondary N) is 1. The zero-order valence-electron chi connectivity index (χ0n) is 14.0. The first-order valence-corrected chi connectivity index (χ1v) is 8.52. The van der Waals surface area contributed by atoms with E-state index >= 15 is 0 Å². The van der Waals surface area contributed by atoms with Gasteiger partial charge in [0.05, 0.1) is 11.0 Å². The van der Waals surface area contributed by atoms with Crippen LogP contribution in [0.3, 0.4) is 0 Å². The predicted molar refractivity (Wildman–Crippen MR) is 90.7 cm³/mol. The molecule has 1 aromatic carbocycles. The lowest BCUT2D eigenvalue weighted by molar-refractivity contribution is 0.0731. The summed E-state index contributed by atoms with van der Waals surface area (Å²) in [5, 5.41) is 8.18. The molecule has 4 heteroatoms. The third-order valence-electron chi connectivity index (χ3n) is 4.22. The number of aryl methyl sites for hydroxylation is 1. The molecule has 0 fully saturated rings. The molecule has 0 spiro atoms. The smallest absolute Gasteiger partial charge is 0.204 e. The molecular weight excluding hydrogens is 274 g/mol. The van der Waals surface area contributed by atoms with Crippen LogP contribution in [0.15, 0.2) is 24.3 Å². The normalized spacial score (nSPS) is 11.4. The Labute approximate surface area is 133 Å². The zero-order valence-corrected chi connectivity index (χ0v) is 14.0. The van der Waals surface area contributed by atoms with E-state index in [-0.39, 0.29) is 0 Å². The Kier molecular flexibility index (Phi) is 6.72. The molecule has 2 rings (SSSR count). The SMILES string of the molecule is CCCCCCCCCOCn1c(=N)n(C)c2ccccc21. The summed E-state index contributed by atoms with van der Waals surface area (Å²) in [6.45, 7) is 3.50. The van der Waals surface area contributed by atoms with Crippen molar-refractivity contribution in [2.45, 2.75) is 58.6 Å². The first-order valence-electron chi connectivity index (χ1n) is 8.52. The van der Waals surface area contributed by atoms with Crippen molar-refractivity contribution < 1.29 is 4.74 Å². The minimum atomic E-state index is 0.468. The molecule has 122 valence electrons. The summed E-state index contributed by atoms with van der Waals surface area (Å²) in [7, 11) is 1.93. The van der Waals surface area contributed by atoms with Crippen LogP contribution in [0.4, 0.5) is 0 Å². The highest BCUT2D eigenvalue weighted by Gasteiger charge is 2.06. The Morgan fingerprint density at radius 3 is 2.32 bits per heavy atom. The van der Waals surface area contributed by atoms with Crippen LogP contribution >= 0.6 is 0 Å². The van der Waals surface area contributed by atoms with Gasteiger partial charge in [0, 0.05) is 13.7 Å². The molecular formula is C18H29N3O. The molecule has 0 aliphatic carbocycles. The van der Waals surface area contributed by atoms with Gasteiger partial charge in [0.1, 0.15) is 6.73 Å². The molecule has 1 heterocycles. The third kappa shape index (κ3) is 4.23. The molecule has 1 aromatic heterocycles. The number of ether oxygens (including phenoxy) is 1. The lowest BCUT2D eigenvalue weighted by Gasteiger charge is -2.06. The van der Waals surface area contributed by atoms with E-state index in [1.54, 1.807) is 0 Å². The van der Waals surface area contributed by atoms with Gasteiger partial charge in [-0.05, 0) is 18.6 Å². The van der Waals surface area contributed by atoms with Crippen molar-refractivity contribution >= 4 is 11.0 Å². The van der Waals surface area contributed by atoms with E-state index in [9.17, 15) is 0 Å². The minimum Gasteiger partial charge on any atom is -0.361 e. The van der Waals surface area contributed by atoms with Gasteiger partial charge in [0.2, 0.25) is 5.62 Å². The molecule has 0 amide bonds. The van der Waals surface area contributed by atoms with Gasteiger partial charge in [-0.1, -0.05) is 57.6 Å². The maximum Gasteiger partial charge on any atom is 0.204 e. The van der Waals surface area contributed by atoms with Crippen molar-refractivity contribution in [2.24, 2.45) is 7.05 Å². The summed E-state index contributed by atoms with van der Waals surface area (Å²) in [5.74, 6) is 0. The second-order valence-corrected chi connectivity index (χ2v) is 5.96. The number of nitrogens with zero attached hydrogens (tertiary/aromatic N) is 2. The van der Waals surface area contributed by atoms with Crippen LogP contribution in [0.5, 0.6) is 0 Å². The third-order valence-corrected chi connectivity index (χ3v) is 4.22. The standard InChI is InChI=1S/C18H29N3O/c1-3-4-5-6-7-8-11-14-22-15-21-17-13-10-9-12-16(17)20(2)18(21)19/h9-10,12-13,19H,3-8,11,14-15H2,1-2H3. The number of benzene rings is 1. The van der Waals surface area contributed by atoms with Crippen molar-refractivity contribution in [3.63, 3.8) is 0 Å². The zero-order chi connectivity index (χ0) is 15.8. The molecule has 2 aromatic rings. The number of imidazole rings is 1. The van der Waals surface area contributed by atoms with Crippen LogP contribution in [0.25, 0.3) is 11.0 Å². The largest absolute Gasteiger partial charge is 0.361 e. The lowest BCUT2D eigenvalue weighted by Crippen LogP contribution is -2.23. The quantitative estimate of drug-likeness (QED) is 0.657. The van der Waals surface area contributed by atoms with Gasteiger partial charge in [0.15, 0.2) is 0 Å². The molecule has 0 atom stereocenters. The maximum absolute atomic E-state index is 8.18. The number of para-hydroxylation sites is 2.